The Kier molecular flexibility index (Phi) is 3.29. The van der Waals surface area contributed by atoms with Crippen molar-refractivity contribution in [2.45, 2.75) is 17.3 Å². The third kappa shape index (κ3) is 2.76. The van der Waals surface area contributed by atoms with Crippen molar-refractivity contribution in [3.8, 4) is 0 Å². The maximum Gasteiger partial charge on any atom is 0.188 e. The second-order valence-corrected chi connectivity index (χ2v) is 4.35. The molecule has 4 heteroatoms. The highest BCUT2D eigenvalue weighted by Crippen LogP contribution is 2.30. The van der Waals surface area contributed by atoms with Crippen molar-refractivity contribution in [1.82, 2.24) is 15.0 Å². The van der Waals surface area contributed by atoms with E-state index in [-0.39, 0.29) is 5.25 Å². The first kappa shape index (κ1) is 10.1. The summed E-state index contributed by atoms with van der Waals surface area (Å²) in [4.78, 5) is 12.6. The SMILES string of the molecule is C[C@@H](Sc1ncccn1)c1ccccn1. The fraction of sp³-hybridized carbons (Fsp3) is 0.182. The zero-order chi connectivity index (χ0) is 10.5. The summed E-state index contributed by atoms with van der Waals surface area (Å²) in [5.41, 5.74) is 1.05. The molecule has 0 aliphatic rings. The monoisotopic (exact) mass is 217 g/mol. The van der Waals surface area contributed by atoms with Crippen LogP contribution in [0.1, 0.15) is 17.9 Å². The van der Waals surface area contributed by atoms with E-state index in [0.717, 1.165) is 10.9 Å². The molecule has 2 rings (SSSR count). The molecule has 15 heavy (non-hydrogen) atoms. The summed E-state index contributed by atoms with van der Waals surface area (Å²) in [6, 6.07) is 7.74. The van der Waals surface area contributed by atoms with Gasteiger partial charge < -0.3 is 0 Å². The van der Waals surface area contributed by atoms with Gasteiger partial charge >= 0.3 is 0 Å². The standard InChI is InChI=1S/C11H11N3S/c1-9(10-5-2-3-6-12-10)15-11-13-7-4-8-14-11/h2-9H,1H3/t9-/m1/s1. The topological polar surface area (TPSA) is 38.7 Å². The molecule has 0 N–H and O–H groups in total. The van der Waals surface area contributed by atoms with Crippen LogP contribution < -0.4 is 0 Å². The van der Waals surface area contributed by atoms with Crippen LogP contribution in [0.2, 0.25) is 0 Å². The van der Waals surface area contributed by atoms with Crippen LogP contribution in [0.5, 0.6) is 0 Å². The van der Waals surface area contributed by atoms with Gasteiger partial charge in [-0.1, -0.05) is 17.8 Å². The Morgan fingerprint density at radius 1 is 1.00 bits per heavy atom. The molecule has 76 valence electrons. The number of nitrogens with zero attached hydrogens (tertiary/aromatic N) is 3. The van der Waals surface area contributed by atoms with Crippen LogP contribution in [0.3, 0.4) is 0 Å². The number of rotatable bonds is 3. The molecule has 2 aromatic heterocycles. The molecule has 0 aliphatic heterocycles. The van der Waals surface area contributed by atoms with E-state index in [1.807, 2.05) is 24.3 Å². The number of thioether (sulfide) groups is 1. The molecule has 0 amide bonds. The molecule has 0 spiro atoms. The van der Waals surface area contributed by atoms with Crippen molar-refractivity contribution < 1.29 is 0 Å². The Morgan fingerprint density at radius 3 is 2.40 bits per heavy atom. The first-order chi connectivity index (χ1) is 7.36. The minimum absolute atomic E-state index is 0.272. The van der Waals surface area contributed by atoms with Gasteiger partial charge in [-0.3, -0.25) is 4.98 Å². The van der Waals surface area contributed by atoms with Gasteiger partial charge in [0.05, 0.1) is 10.9 Å². The number of hydrogen-bond donors (Lipinski definition) is 0. The Bertz CT molecular complexity index is 405. The van der Waals surface area contributed by atoms with Gasteiger partial charge in [-0.05, 0) is 25.1 Å². The molecule has 0 saturated heterocycles. The smallest absolute Gasteiger partial charge is 0.188 e. The van der Waals surface area contributed by atoms with E-state index in [9.17, 15) is 0 Å². The van der Waals surface area contributed by atoms with Gasteiger partial charge in [0.15, 0.2) is 5.16 Å². The zero-order valence-corrected chi connectivity index (χ0v) is 9.19. The van der Waals surface area contributed by atoms with Crippen LogP contribution in [-0.2, 0) is 0 Å². The van der Waals surface area contributed by atoms with E-state index >= 15 is 0 Å². The molecule has 0 aromatic carbocycles. The van der Waals surface area contributed by atoms with Crippen LogP contribution in [0.15, 0.2) is 48.0 Å². The fourth-order valence-electron chi connectivity index (χ4n) is 1.18. The van der Waals surface area contributed by atoms with Crippen molar-refractivity contribution in [3.05, 3.63) is 48.5 Å². The maximum absolute atomic E-state index is 4.30. The Labute approximate surface area is 93.0 Å². The molecule has 2 heterocycles. The van der Waals surface area contributed by atoms with Crippen molar-refractivity contribution >= 4 is 11.8 Å². The molecule has 2 aromatic rings. The lowest BCUT2D eigenvalue weighted by Crippen LogP contribution is -1.93. The summed E-state index contributed by atoms with van der Waals surface area (Å²) in [6.07, 6.45) is 5.30. The van der Waals surface area contributed by atoms with E-state index < -0.39 is 0 Å². The molecule has 3 nitrogen and oxygen atoms in total. The third-order valence-corrected chi connectivity index (χ3v) is 2.95. The summed E-state index contributed by atoms with van der Waals surface area (Å²) in [7, 11) is 0. The van der Waals surface area contributed by atoms with Crippen molar-refractivity contribution in [1.29, 1.82) is 0 Å². The molecule has 0 aliphatic carbocycles. The zero-order valence-electron chi connectivity index (χ0n) is 8.37. The largest absolute Gasteiger partial charge is 0.260 e. The van der Waals surface area contributed by atoms with Gasteiger partial charge in [0, 0.05) is 18.6 Å². The Morgan fingerprint density at radius 2 is 1.73 bits per heavy atom. The van der Waals surface area contributed by atoms with E-state index in [1.165, 1.54) is 0 Å². The number of pyridine rings is 1. The predicted molar refractivity (Wildman–Crippen MR) is 60.5 cm³/mol. The number of hydrogen-bond acceptors (Lipinski definition) is 4. The number of aromatic nitrogens is 3. The minimum atomic E-state index is 0.272. The average molecular weight is 217 g/mol. The highest BCUT2D eigenvalue weighted by atomic mass is 32.2. The summed E-state index contributed by atoms with van der Waals surface area (Å²) < 4.78 is 0. The third-order valence-electron chi connectivity index (χ3n) is 1.93. The lowest BCUT2D eigenvalue weighted by atomic mass is 10.3. The fourth-order valence-corrected chi connectivity index (χ4v) is 2.00. The van der Waals surface area contributed by atoms with E-state index in [4.69, 9.17) is 0 Å². The highest BCUT2D eigenvalue weighted by Gasteiger charge is 2.09. The van der Waals surface area contributed by atoms with Crippen LogP contribution in [0, 0.1) is 0 Å². The normalized spacial score (nSPS) is 12.3. The van der Waals surface area contributed by atoms with E-state index in [0.29, 0.717) is 0 Å². The quantitative estimate of drug-likeness (QED) is 0.585. The summed E-state index contributed by atoms with van der Waals surface area (Å²) in [5.74, 6) is 0. The van der Waals surface area contributed by atoms with Crippen LogP contribution >= 0.6 is 11.8 Å². The molecule has 0 bridgehead atoms. The molecular formula is C11H11N3S. The van der Waals surface area contributed by atoms with Crippen LogP contribution in [0.25, 0.3) is 0 Å². The Balaban J connectivity index is 2.08. The van der Waals surface area contributed by atoms with Gasteiger partial charge in [-0.25, -0.2) is 9.97 Å². The summed E-state index contributed by atoms with van der Waals surface area (Å²) in [5, 5.41) is 1.06. The summed E-state index contributed by atoms with van der Waals surface area (Å²) in [6.45, 7) is 2.10. The van der Waals surface area contributed by atoms with Gasteiger partial charge in [0.2, 0.25) is 0 Å². The van der Waals surface area contributed by atoms with Gasteiger partial charge in [0.25, 0.3) is 0 Å². The second kappa shape index (κ2) is 4.89. The predicted octanol–water partition coefficient (Wildman–Crippen LogP) is 2.72. The molecule has 0 fully saturated rings. The van der Waals surface area contributed by atoms with E-state index in [1.54, 1.807) is 30.4 Å². The van der Waals surface area contributed by atoms with E-state index in [2.05, 4.69) is 21.9 Å². The maximum atomic E-state index is 4.30. The van der Waals surface area contributed by atoms with Crippen molar-refractivity contribution in [2.75, 3.05) is 0 Å². The van der Waals surface area contributed by atoms with Crippen LogP contribution in [-0.4, -0.2) is 15.0 Å². The molecule has 0 radical (unpaired) electrons. The minimum Gasteiger partial charge on any atom is -0.260 e. The first-order valence-electron chi connectivity index (χ1n) is 4.71. The van der Waals surface area contributed by atoms with Crippen molar-refractivity contribution in [2.24, 2.45) is 0 Å². The van der Waals surface area contributed by atoms with Gasteiger partial charge in [0.1, 0.15) is 0 Å². The lowest BCUT2D eigenvalue weighted by molar-refractivity contribution is 0.938. The molecule has 0 unspecified atom stereocenters. The van der Waals surface area contributed by atoms with Gasteiger partial charge in [-0.2, -0.15) is 0 Å². The Hall–Kier alpha value is -1.42. The van der Waals surface area contributed by atoms with Crippen molar-refractivity contribution in [3.63, 3.8) is 0 Å². The second-order valence-electron chi connectivity index (χ2n) is 3.05. The lowest BCUT2D eigenvalue weighted by Gasteiger charge is -2.08. The van der Waals surface area contributed by atoms with Crippen LogP contribution in [0.4, 0.5) is 0 Å². The van der Waals surface area contributed by atoms with Gasteiger partial charge in [-0.15, -0.1) is 0 Å². The highest BCUT2D eigenvalue weighted by molar-refractivity contribution is 7.99. The summed E-state index contributed by atoms with van der Waals surface area (Å²) >= 11 is 1.61. The molecule has 1 atom stereocenters. The molecular weight excluding hydrogens is 206 g/mol. The first-order valence-corrected chi connectivity index (χ1v) is 5.59. The molecule has 0 saturated carbocycles. The average Bonchev–Trinajstić information content (AvgIpc) is 2.31.